The summed E-state index contributed by atoms with van der Waals surface area (Å²) in [5.74, 6) is -0.260. The minimum Gasteiger partial charge on any atom is -0.385 e. The molecule has 0 fully saturated rings. The third-order valence-corrected chi connectivity index (χ3v) is 2.93. The van der Waals surface area contributed by atoms with Crippen molar-refractivity contribution in [1.29, 1.82) is 5.26 Å². The number of carbonyl (C=O) groups excluding carboxylic acids is 1. The van der Waals surface area contributed by atoms with Gasteiger partial charge in [0.05, 0.1) is 0 Å². The summed E-state index contributed by atoms with van der Waals surface area (Å²) in [5, 5.41) is 9.14. The van der Waals surface area contributed by atoms with Crippen molar-refractivity contribution in [3.05, 3.63) is 41.0 Å². The van der Waals surface area contributed by atoms with Crippen molar-refractivity contribution in [2.45, 2.75) is 13.3 Å². The summed E-state index contributed by atoms with van der Waals surface area (Å²) in [7, 11) is 3.32. The zero-order valence-corrected chi connectivity index (χ0v) is 12.2. The van der Waals surface area contributed by atoms with Gasteiger partial charge in [-0.15, -0.1) is 0 Å². The zero-order valence-electron chi connectivity index (χ0n) is 12.2. The van der Waals surface area contributed by atoms with E-state index in [1.165, 1.54) is 0 Å². The third-order valence-electron chi connectivity index (χ3n) is 2.93. The lowest BCUT2D eigenvalue weighted by Crippen LogP contribution is -2.29. The molecule has 1 aromatic carbocycles. The van der Waals surface area contributed by atoms with Gasteiger partial charge in [0.1, 0.15) is 11.6 Å². The second-order valence-electron chi connectivity index (χ2n) is 4.65. The van der Waals surface area contributed by atoms with Gasteiger partial charge in [-0.25, -0.2) is 0 Å². The Kier molecular flexibility index (Phi) is 6.48. The van der Waals surface area contributed by atoms with Crippen LogP contribution in [0.4, 0.5) is 0 Å². The quantitative estimate of drug-likeness (QED) is 0.454. The number of aryl methyl sites for hydroxylation is 1. The molecular formula is C16H20N2O2. The van der Waals surface area contributed by atoms with Crippen molar-refractivity contribution in [1.82, 2.24) is 4.90 Å². The molecule has 0 atom stereocenters. The normalized spacial score (nSPS) is 11.0. The van der Waals surface area contributed by atoms with Crippen molar-refractivity contribution in [3.63, 3.8) is 0 Å². The van der Waals surface area contributed by atoms with Crippen LogP contribution in [0.2, 0.25) is 0 Å². The minimum atomic E-state index is -0.260. The van der Waals surface area contributed by atoms with Crippen LogP contribution in [-0.4, -0.2) is 38.1 Å². The summed E-state index contributed by atoms with van der Waals surface area (Å²) in [6.45, 7) is 3.16. The Balaban J connectivity index is 2.77. The molecule has 0 radical (unpaired) electrons. The first-order chi connectivity index (χ1) is 9.58. The lowest BCUT2D eigenvalue weighted by Gasteiger charge is -2.16. The van der Waals surface area contributed by atoms with E-state index in [1.54, 1.807) is 25.1 Å². The standard InChI is InChI=1S/C16H20N2O2/c1-13-5-7-14(8-6-13)11-15(12-17)16(19)18(2)9-4-10-20-3/h5-8,11H,4,9-10H2,1-3H3/b15-11-. The van der Waals surface area contributed by atoms with E-state index < -0.39 is 0 Å². The van der Waals surface area contributed by atoms with Gasteiger partial charge in [-0.2, -0.15) is 5.26 Å². The molecule has 1 rings (SSSR count). The molecule has 0 saturated carbocycles. The van der Waals surface area contributed by atoms with Gasteiger partial charge in [0.2, 0.25) is 0 Å². The van der Waals surface area contributed by atoms with Crippen LogP contribution in [0.15, 0.2) is 29.8 Å². The van der Waals surface area contributed by atoms with Gasteiger partial charge < -0.3 is 9.64 Å². The number of nitriles is 1. The van der Waals surface area contributed by atoms with Crippen LogP contribution >= 0.6 is 0 Å². The van der Waals surface area contributed by atoms with E-state index in [2.05, 4.69) is 0 Å². The van der Waals surface area contributed by atoms with Crippen LogP contribution in [0.5, 0.6) is 0 Å². The zero-order chi connectivity index (χ0) is 15.0. The molecule has 0 heterocycles. The lowest BCUT2D eigenvalue weighted by atomic mass is 10.1. The number of methoxy groups -OCH3 is 1. The average molecular weight is 272 g/mol. The highest BCUT2D eigenvalue weighted by molar-refractivity contribution is 6.01. The van der Waals surface area contributed by atoms with Crippen molar-refractivity contribution in [3.8, 4) is 6.07 Å². The fraction of sp³-hybridized carbons (Fsp3) is 0.375. The molecule has 0 aliphatic rings. The van der Waals surface area contributed by atoms with Crippen LogP contribution in [0, 0.1) is 18.3 Å². The molecule has 4 nitrogen and oxygen atoms in total. The van der Waals surface area contributed by atoms with Gasteiger partial charge in [-0.05, 0) is 25.0 Å². The predicted octanol–water partition coefficient (Wildman–Crippen LogP) is 2.40. The van der Waals surface area contributed by atoms with E-state index in [4.69, 9.17) is 10.00 Å². The molecule has 0 aliphatic heterocycles. The van der Waals surface area contributed by atoms with Crippen molar-refractivity contribution >= 4 is 12.0 Å². The van der Waals surface area contributed by atoms with Gasteiger partial charge in [0.15, 0.2) is 0 Å². The first kappa shape index (κ1) is 15.9. The van der Waals surface area contributed by atoms with Gasteiger partial charge in [0.25, 0.3) is 5.91 Å². The number of hydrogen-bond donors (Lipinski definition) is 0. The number of rotatable bonds is 6. The number of carbonyl (C=O) groups is 1. The average Bonchev–Trinajstić information content (AvgIpc) is 2.46. The number of amides is 1. The highest BCUT2D eigenvalue weighted by atomic mass is 16.5. The first-order valence-corrected chi connectivity index (χ1v) is 6.51. The highest BCUT2D eigenvalue weighted by Gasteiger charge is 2.14. The maximum absolute atomic E-state index is 12.1. The van der Waals surface area contributed by atoms with E-state index in [-0.39, 0.29) is 11.5 Å². The SMILES string of the molecule is COCCCN(C)C(=O)/C(C#N)=C\c1ccc(C)cc1. The van der Waals surface area contributed by atoms with Gasteiger partial charge in [-0.3, -0.25) is 4.79 Å². The summed E-state index contributed by atoms with van der Waals surface area (Å²) in [5.41, 5.74) is 2.14. The van der Waals surface area contributed by atoms with Crippen LogP contribution in [0.3, 0.4) is 0 Å². The van der Waals surface area contributed by atoms with Crippen LogP contribution in [-0.2, 0) is 9.53 Å². The van der Waals surface area contributed by atoms with E-state index in [1.807, 2.05) is 37.3 Å². The lowest BCUT2D eigenvalue weighted by molar-refractivity contribution is -0.125. The smallest absolute Gasteiger partial charge is 0.264 e. The van der Waals surface area contributed by atoms with Crippen LogP contribution < -0.4 is 0 Å². The number of hydrogen-bond acceptors (Lipinski definition) is 3. The molecule has 0 bridgehead atoms. The number of ether oxygens (including phenoxy) is 1. The molecular weight excluding hydrogens is 252 g/mol. The van der Waals surface area contributed by atoms with Crippen molar-refractivity contribution < 1.29 is 9.53 Å². The Morgan fingerprint density at radius 2 is 2.05 bits per heavy atom. The maximum atomic E-state index is 12.1. The molecule has 20 heavy (non-hydrogen) atoms. The summed E-state index contributed by atoms with van der Waals surface area (Å²) in [4.78, 5) is 13.7. The summed E-state index contributed by atoms with van der Waals surface area (Å²) >= 11 is 0. The van der Waals surface area contributed by atoms with E-state index in [0.717, 1.165) is 17.5 Å². The second kappa shape index (κ2) is 8.13. The monoisotopic (exact) mass is 272 g/mol. The summed E-state index contributed by atoms with van der Waals surface area (Å²) < 4.78 is 4.95. The Labute approximate surface area is 120 Å². The predicted molar refractivity (Wildman–Crippen MR) is 78.9 cm³/mol. The second-order valence-corrected chi connectivity index (χ2v) is 4.65. The molecule has 0 aromatic heterocycles. The Hall–Kier alpha value is -2.12. The van der Waals surface area contributed by atoms with Crippen molar-refractivity contribution in [2.75, 3.05) is 27.3 Å². The van der Waals surface area contributed by atoms with E-state index in [9.17, 15) is 4.79 Å². The van der Waals surface area contributed by atoms with Gasteiger partial charge in [0, 0.05) is 27.3 Å². The van der Waals surface area contributed by atoms with E-state index in [0.29, 0.717) is 13.2 Å². The Morgan fingerprint density at radius 3 is 2.60 bits per heavy atom. The maximum Gasteiger partial charge on any atom is 0.264 e. The van der Waals surface area contributed by atoms with Crippen LogP contribution in [0.1, 0.15) is 17.5 Å². The third kappa shape index (κ3) is 4.87. The molecule has 0 aliphatic carbocycles. The molecule has 106 valence electrons. The molecule has 4 heteroatoms. The van der Waals surface area contributed by atoms with Gasteiger partial charge in [-0.1, -0.05) is 29.8 Å². The van der Waals surface area contributed by atoms with E-state index >= 15 is 0 Å². The molecule has 0 saturated heterocycles. The van der Waals surface area contributed by atoms with Crippen LogP contribution in [0.25, 0.3) is 6.08 Å². The molecule has 0 unspecified atom stereocenters. The highest BCUT2D eigenvalue weighted by Crippen LogP contribution is 2.10. The topological polar surface area (TPSA) is 53.3 Å². The Bertz CT molecular complexity index is 512. The molecule has 1 aromatic rings. The molecule has 1 amide bonds. The summed E-state index contributed by atoms with van der Waals surface area (Å²) in [6.07, 6.45) is 2.37. The summed E-state index contributed by atoms with van der Waals surface area (Å²) in [6, 6.07) is 9.67. The molecule has 0 spiro atoms. The number of nitrogens with zero attached hydrogens (tertiary/aromatic N) is 2. The minimum absolute atomic E-state index is 0.147. The fourth-order valence-corrected chi connectivity index (χ4v) is 1.72. The molecule has 0 N–H and O–H groups in total. The van der Waals surface area contributed by atoms with Crippen molar-refractivity contribution in [2.24, 2.45) is 0 Å². The Morgan fingerprint density at radius 1 is 1.40 bits per heavy atom. The fourth-order valence-electron chi connectivity index (χ4n) is 1.72. The number of likely N-dealkylation sites (N-methyl/N-ethyl adjacent to an activating group) is 1. The van der Waals surface area contributed by atoms with Gasteiger partial charge >= 0.3 is 0 Å². The largest absolute Gasteiger partial charge is 0.385 e. The number of benzene rings is 1. The first-order valence-electron chi connectivity index (χ1n) is 6.51.